The molecule has 2 unspecified atom stereocenters. The number of carboxylic acids is 1. The van der Waals surface area contributed by atoms with Crippen molar-refractivity contribution >= 4 is 11.9 Å². The van der Waals surface area contributed by atoms with E-state index in [1.807, 2.05) is 6.92 Å². The van der Waals surface area contributed by atoms with E-state index in [2.05, 4.69) is 6.92 Å². The fourth-order valence-electron chi connectivity index (χ4n) is 2.32. The van der Waals surface area contributed by atoms with Crippen molar-refractivity contribution in [2.24, 2.45) is 5.92 Å². The molecular formula is C14H25NO3. The second-order valence-corrected chi connectivity index (χ2v) is 5.24. The van der Waals surface area contributed by atoms with Crippen LogP contribution < -0.4 is 0 Å². The number of carbonyl (C=O) groups excluding carboxylic acids is 1. The molecule has 0 aromatic rings. The van der Waals surface area contributed by atoms with Gasteiger partial charge in [-0.3, -0.25) is 4.79 Å². The van der Waals surface area contributed by atoms with Gasteiger partial charge in [-0.25, -0.2) is 4.79 Å². The highest BCUT2D eigenvalue weighted by Gasteiger charge is 2.40. The number of nitrogens with zero attached hydrogens (tertiary/aromatic N) is 1. The minimum absolute atomic E-state index is 0.00708. The van der Waals surface area contributed by atoms with Crippen LogP contribution in [0, 0.1) is 5.92 Å². The first-order chi connectivity index (χ1) is 8.52. The maximum atomic E-state index is 12.5. The number of carboxylic acid groups (broad SMARTS) is 1. The SMILES string of the molecule is CCCCC(CC)C(=O)N(C1CC1)C(C)C(=O)O. The van der Waals surface area contributed by atoms with E-state index < -0.39 is 12.0 Å². The molecule has 0 radical (unpaired) electrons. The molecule has 1 N–H and O–H groups in total. The van der Waals surface area contributed by atoms with Crippen LogP contribution in [0.5, 0.6) is 0 Å². The molecular weight excluding hydrogens is 230 g/mol. The lowest BCUT2D eigenvalue weighted by Crippen LogP contribution is -2.47. The molecule has 1 aliphatic carbocycles. The van der Waals surface area contributed by atoms with Crippen molar-refractivity contribution in [2.45, 2.75) is 71.4 Å². The molecule has 0 spiro atoms. The maximum absolute atomic E-state index is 12.5. The lowest BCUT2D eigenvalue weighted by atomic mass is 9.97. The normalized spacial score (nSPS) is 18.2. The number of amides is 1. The minimum atomic E-state index is -0.902. The van der Waals surface area contributed by atoms with E-state index in [-0.39, 0.29) is 17.9 Å². The van der Waals surface area contributed by atoms with Gasteiger partial charge < -0.3 is 10.0 Å². The molecule has 0 aliphatic heterocycles. The molecule has 0 heterocycles. The highest BCUT2D eigenvalue weighted by molar-refractivity contribution is 5.85. The molecule has 2 atom stereocenters. The third-order valence-electron chi connectivity index (χ3n) is 3.72. The van der Waals surface area contributed by atoms with Crippen molar-refractivity contribution in [3.05, 3.63) is 0 Å². The molecule has 1 rings (SSSR count). The van der Waals surface area contributed by atoms with Crippen LogP contribution in [-0.4, -0.2) is 34.0 Å². The van der Waals surface area contributed by atoms with Gasteiger partial charge in [0.1, 0.15) is 6.04 Å². The molecule has 0 saturated heterocycles. The number of carbonyl (C=O) groups is 2. The van der Waals surface area contributed by atoms with Gasteiger partial charge in [-0.1, -0.05) is 26.7 Å². The molecule has 1 fully saturated rings. The number of hydrogen-bond acceptors (Lipinski definition) is 2. The summed E-state index contributed by atoms with van der Waals surface area (Å²) in [6, 6.07) is -0.528. The Bertz CT molecular complexity index is 299. The van der Waals surface area contributed by atoms with Gasteiger partial charge in [0.05, 0.1) is 0 Å². The molecule has 104 valence electrons. The summed E-state index contributed by atoms with van der Waals surface area (Å²) in [7, 11) is 0. The Kier molecular flexibility index (Phi) is 5.63. The zero-order valence-electron chi connectivity index (χ0n) is 11.7. The van der Waals surface area contributed by atoms with Crippen LogP contribution in [-0.2, 0) is 9.59 Å². The molecule has 1 saturated carbocycles. The van der Waals surface area contributed by atoms with Gasteiger partial charge in [-0.2, -0.15) is 0 Å². The minimum Gasteiger partial charge on any atom is -0.480 e. The summed E-state index contributed by atoms with van der Waals surface area (Å²) in [5.74, 6) is -0.865. The van der Waals surface area contributed by atoms with Gasteiger partial charge in [-0.05, 0) is 32.6 Å². The Morgan fingerprint density at radius 1 is 1.33 bits per heavy atom. The van der Waals surface area contributed by atoms with Gasteiger partial charge >= 0.3 is 5.97 Å². The Hall–Kier alpha value is -1.06. The molecule has 4 heteroatoms. The van der Waals surface area contributed by atoms with Crippen LogP contribution in [0.4, 0.5) is 0 Å². The topological polar surface area (TPSA) is 57.6 Å². The fourth-order valence-corrected chi connectivity index (χ4v) is 2.32. The van der Waals surface area contributed by atoms with Crippen LogP contribution >= 0.6 is 0 Å². The molecule has 18 heavy (non-hydrogen) atoms. The summed E-state index contributed by atoms with van der Waals surface area (Å²) in [4.78, 5) is 25.2. The summed E-state index contributed by atoms with van der Waals surface area (Å²) in [6.45, 7) is 5.73. The van der Waals surface area contributed by atoms with Gasteiger partial charge in [0, 0.05) is 12.0 Å². The van der Waals surface area contributed by atoms with Crippen LogP contribution in [0.15, 0.2) is 0 Å². The average molecular weight is 255 g/mol. The van der Waals surface area contributed by atoms with E-state index in [1.54, 1.807) is 11.8 Å². The molecule has 0 aromatic carbocycles. The second kappa shape index (κ2) is 6.76. The fraction of sp³-hybridized carbons (Fsp3) is 0.857. The Balaban J connectivity index is 2.71. The van der Waals surface area contributed by atoms with E-state index in [0.29, 0.717) is 0 Å². The Morgan fingerprint density at radius 3 is 2.33 bits per heavy atom. The second-order valence-electron chi connectivity index (χ2n) is 5.24. The van der Waals surface area contributed by atoms with Crippen molar-refractivity contribution < 1.29 is 14.7 Å². The highest BCUT2D eigenvalue weighted by Crippen LogP contribution is 2.31. The number of unbranched alkanes of at least 4 members (excludes halogenated alkanes) is 1. The summed E-state index contributed by atoms with van der Waals surface area (Å²) in [5, 5.41) is 9.11. The average Bonchev–Trinajstić information content (AvgIpc) is 3.14. The van der Waals surface area contributed by atoms with E-state index in [4.69, 9.17) is 5.11 Å². The van der Waals surface area contributed by atoms with Crippen molar-refractivity contribution in [1.29, 1.82) is 0 Å². The standard InChI is InChI=1S/C14H25NO3/c1-4-6-7-11(5-2)13(16)15(12-8-9-12)10(3)14(17)18/h10-12H,4-9H2,1-3H3,(H,17,18). The first-order valence-corrected chi connectivity index (χ1v) is 7.07. The highest BCUT2D eigenvalue weighted by atomic mass is 16.4. The number of rotatable bonds is 8. The van der Waals surface area contributed by atoms with Crippen LogP contribution in [0.25, 0.3) is 0 Å². The van der Waals surface area contributed by atoms with E-state index in [9.17, 15) is 9.59 Å². The first kappa shape index (κ1) is 15.0. The zero-order valence-corrected chi connectivity index (χ0v) is 11.7. The summed E-state index contributed by atoms with van der Waals surface area (Å²) >= 11 is 0. The van der Waals surface area contributed by atoms with Crippen LogP contribution in [0.3, 0.4) is 0 Å². The molecule has 1 amide bonds. The summed E-state index contributed by atoms with van der Waals surface area (Å²) in [6.07, 6.45) is 5.68. The quantitative estimate of drug-likeness (QED) is 0.725. The van der Waals surface area contributed by atoms with E-state index >= 15 is 0 Å². The lowest BCUT2D eigenvalue weighted by molar-refractivity contribution is -0.152. The predicted molar refractivity (Wildman–Crippen MR) is 70.3 cm³/mol. The van der Waals surface area contributed by atoms with Gasteiger partial charge in [0.15, 0.2) is 0 Å². The zero-order chi connectivity index (χ0) is 13.7. The lowest BCUT2D eigenvalue weighted by Gasteiger charge is -2.30. The third kappa shape index (κ3) is 3.72. The van der Waals surface area contributed by atoms with Crippen molar-refractivity contribution in [2.75, 3.05) is 0 Å². The van der Waals surface area contributed by atoms with Crippen LogP contribution in [0.2, 0.25) is 0 Å². The van der Waals surface area contributed by atoms with Crippen molar-refractivity contribution in [3.63, 3.8) is 0 Å². The van der Waals surface area contributed by atoms with Crippen molar-refractivity contribution in [1.82, 2.24) is 4.90 Å². The maximum Gasteiger partial charge on any atom is 0.326 e. The monoisotopic (exact) mass is 255 g/mol. The Labute approximate surface area is 109 Å². The van der Waals surface area contributed by atoms with Gasteiger partial charge in [-0.15, -0.1) is 0 Å². The third-order valence-corrected chi connectivity index (χ3v) is 3.72. The molecule has 4 nitrogen and oxygen atoms in total. The van der Waals surface area contributed by atoms with Crippen molar-refractivity contribution in [3.8, 4) is 0 Å². The summed E-state index contributed by atoms with van der Waals surface area (Å²) < 4.78 is 0. The molecule has 0 bridgehead atoms. The summed E-state index contributed by atoms with van der Waals surface area (Å²) in [5.41, 5.74) is 0. The number of hydrogen-bond donors (Lipinski definition) is 1. The van der Waals surface area contributed by atoms with Gasteiger partial charge in [0.25, 0.3) is 0 Å². The van der Waals surface area contributed by atoms with E-state index in [1.165, 1.54) is 0 Å². The smallest absolute Gasteiger partial charge is 0.326 e. The largest absolute Gasteiger partial charge is 0.480 e. The predicted octanol–water partition coefficient (Wildman–Crippen LogP) is 2.67. The molecule has 1 aliphatic rings. The first-order valence-electron chi connectivity index (χ1n) is 7.07. The van der Waals surface area contributed by atoms with Gasteiger partial charge in [0.2, 0.25) is 5.91 Å². The van der Waals surface area contributed by atoms with E-state index in [0.717, 1.165) is 38.5 Å². The van der Waals surface area contributed by atoms with Crippen LogP contribution in [0.1, 0.15) is 59.3 Å². The number of aliphatic carboxylic acids is 1. The Morgan fingerprint density at radius 2 is 1.94 bits per heavy atom. The molecule has 0 aromatic heterocycles.